The first kappa shape index (κ1) is 33.1. The van der Waals surface area contributed by atoms with E-state index in [1.807, 2.05) is 49.4 Å². The number of phenols is 1. The van der Waals surface area contributed by atoms with Crippen LogP contribution in [-0.2, 0) is 19.5 Å². The van der Waals surface area contributed by atoms with Gasteiger partial charge in [-0.05, 0) is 94.9 Å². The second-order valence-corrected chi connectivity index (χ2v) is 10.2. The summed E-state index contributed by atoms with van der Waals surface area (Å²) in [7, 11) is 7.09. The number of rotatable bonds is 5. The van der Waals surface area contributed by atoms with Gasteiger partial charge in [-0.25, -0.2) is 9.59 Å². The molecule has 1 N–H and O–H groups in total. The number of thiol groups is 1. The van der Waals surface area contributed by atoms with Crippen molar-refractivity contribution in [3.05, 3.63) is 82.9 Å². The first-order chi connectivity index (χ1) is 20.2. The van der Waals surface area contributed by atoms with Gasteiger partial charge in [-0.15, -0.1) is 0 Å². The Morgan fingerprint density at radius 3 is 2.21 bits per heavy atom. The van der Waals surface area contributed by atoms with E-state index in [-0.39, 0.29) is 24.0 Å². The number of hydrogen-bond donors (Lipinski definition) is 2. The predicted octanol–water partition coefficient (Wildman–Crippen LogP) is 7.25. The average Bonchev–Trinajstić information content (AvgIpc) is 3.00. The predicted molar refractivity (Wildman–Crippen MR) is 171 cm³/mol. The van der Waals surface area contributed by atoms with Crippen molar-refractivity contribution in [1.29, 1.82) is 0 Å². The molecule has 42 heavy (non-hydrogen) atoms. The number of alkyl halides is 1. The van der Waals surface area contributed by atoms with Gasteiger partial charge in [-0.3, -0.25) is 0 Å². The first-order valence-electron chi connectivity index (χ1n) is 13.1. The van der Waals surface area contributed by atoms with E-state index in [4.69, 9.17) is 18.9 Å². The summed E-state index contributed by atoms with van der Waals surface area (Å²) >= 11 is 6.54. The van der Waals surface area contributed by atoms with Crippen LogP contribution in [0.4, 0.5) is 0 Å². The van der Waals surface area contributed by atoms with Crippen molar-refractivity contribution in [1.82, 2.24) is 0 Å². The van der Waals surface area contributed by atoms with Crippen LogP contribution in [0.2, 0.25) is 0 Å². The number of aryl methyl sites for hydroxylation is 1. The molecule has 0 aliphatic carbocycles. The van der Waals surface area contributed by atoms with E-state index in [9.17, 15) is 14.7 Å². The fourth-order valence-corrected chi connectivity index (χ4v) is 4.96. The van der Waals surface area contributed by atoms with Gasteiger partial charge in [0.2, 0.25) is 0 Å². The Bertz CT molecular complexity index is 1560. The minimum atomic E-state index is -0.371. The number of carbonyl (C=O) groups is 2. The van der Waals surface area contributed by atoms with Gasteiger partial charge in [-0.1, -0.05) is 34.1 Å². The second-order valence-electron chi connectivity index (χ2n) is 9.36. The van der Waals surface area contributed by atoms with Gasteiger partial charge >= 0.3 is 36.7 Å². The molecule has 8 nitrogen and oxygen atoms in total. The van der Waals surface area contributed by atoms with Gasteiger partial charge in [0, 0.05) is 11.8 Å². The van der Waals surface area contributed by atoms with Gasteiger partial charge < -0.3 is 24.1 Å². The number of benzene rings is 4. The molecule has 1 atom stereocenters. The minimum absolute atomic E-state index is 0.170. The molecule has 11 heteroatoms. The molecule has 1 fully saturated rings. The Balaban J connectivity index is 0.000000217. The molecule has 0 spiro atoms. The van der Waals surface area contributed by atoms with Crippen molar-refractivity contribution in [2.45, 2.75) is 37.8 Å². The molecular weight excluding hydrogens is 621 g/mol. The number of esters is 2. The van der Waals surface area contributed by atoms with Gasteiger partial charge in [0.05, 0.1) is 32.0 Å². The van der Waals surface area contributed by atoms with Crippen molar-refractivity contribution in [3.8, 4) is 11.5 Å². The Morgan fingerprint density at radius 2 is 1.57 bits per heavy atom. The average molecular weight is 653 g/mol. The van der Waals surface area contributed by atoms with E-state index in [1.165, 1.54) is 14.2 Å². The molecule has 0 amide bonds. The first-order valence-corrected chi connectivity index (χ1v) is 14.6. The Morgan fingerprint density at radius 1 is 0.952 bits per heavy atom. The molecule has 1 radical (unpaired) electrons. The molecule has 1 heterocycles. The van der Waals surface area contributed by atoms with Gasteiger partial charge in [0.1, 0.15) is 11.5 Å². The third-order valence-electron chi connectivity index (χ3n) is 6.56. The number of carbonyl (C=O) groups excluding carboxylic acids is 2. The molecule has 4 aromatic carbocycles. The zero-order chi connectivity index (χ0) is 30.6. The molecule has 1 unspecified atom stereocenters. The van der Waals surface area contributed by atoms with E-state index in [0.29, 0.717) is 16.5 Å². The van der Waals surface area contributed by atoms with Crippen LogP contribution < -0.4 is 4.74 Å². The van der Waals surface area contributed by atoms with E-state index in [0.717, 1.165) is 64.3 Å². The van der Waals surface area contributed by atoms with Crippen molar-refractivity contribution in [3.63, 3.8) is 0 Å². The monoisotopic (exact) mass is 652 g/mol. The number of phenolic OH excluding ortho intramolecular Hbond substituents is 1. The second kappa shape index (κ2) is 16.3. The third-order valence-corrected chi connectivity index (χ3v) is 7.16. The van der Waals surface area contributed by atoms with Gasteiger partial charge in [0.25, 0.3) is 0 Å². The number of ether oxygens (including phenoxy) is 4. The summed E-state index contributed by atoms with van der Waals surface area (Å²) in [5.74, 6) is 0.255. The summed E-state index contributed by atoms with van der Waals surface area (Å²) in [5, 5.41) is 13.8. The molecule has 1 aliphatic heterocycles. The fourth-order valence-electron chi connectivity index (χ4n) is 4.49. The number of aromatic hydroxyl groups is 1. The Hall–Kier alpha value is -3.41. The molecule has 219 valence electrons. The van der Waals surface area contributed by atoms with Gasteiger partial charge in [-0.2, -0.15) is 0 Å². The summed E-state index contributed by atoms with van der Waals surface area (Å²) in [6, 6.07) is 18.4. The third kappa shape index (κ3) is 8.80. The Kier molecular flexibility index (Phi) is 12.8. The SMILES string of the molecule is COC(=O)c1cc2cc(O)ccc2cc1CBr.COC(=O)c1cc2cc(OC3CCCCO3)ccc2cc1C.[B]=NS. The van der Waals surface area contributed by atoms with E-state index in [1.54, 1.807) is 18.2 Å². The van der Waals surface area contributed by atoms with Crippen LogP contribution in [0.15, 0.2) is 65.0 Å². The summed E-state index contributed by atoms with van der Waals surface area (Å²) in [4.78, 5) is 23.4. The van der Waals surface area contributed by atoms with E-state index in [2.05, 4.69) is 40.7 Å². The molecule has 0 saturated carbocycles. The van der Waals surface area contributed by atoms with Crippen LogP contribution in [0.1, 0.15) is 51.1 Å². The van der Waals surface area contributed by atoms with Crippen molar-refractivity contribution in [2.75, 3.05) is 20.8 Å². The molecule has 1 saturated heterocycles. The molecule has 1 aliphatic rings. The zero-order valence-corrected chi connectivity index (χ0v) is 26.1. The maximum absolute atomic E-state index is 11.8. The van der Waals surface area contributed by atoms with E-state index < -0.39 is 0 Å². The molecule has 0 bridgehead atoms. The number of methoxy groups -OCH3 is 2. The molecule has 5 rings (SSSR count). The molecular formula is C31H32BBrNO7S. The topological polar surface area (TPSA) is 104 Å². The standard InChI is InChI=1S/C18H20O4.C13H11BrO3.BHNS/c1-12-9-13-6-7-15(22-17-5-3-4-8-21-17)10-14(13)11-16(12)18(19)20-2;1-17-13(16)12-6-9-5-11(15)3-2-8(9)4-10(12)7-14;1-2-3/h6-7,9-11,17H,3-5,8H2,1-2H3;2-6,15H,7H2,1H3;3H. The van der Waals surface area contributed by atoms with Crippen molar-refractivity contribution in [2.24, 2.45) is 4.30 Å². The summed E-state index contributed by atoms with van der Waals surface area (Å²) < 4.78 is 23.7. The summed E-state index contributed by atoms with van der Waals surface area (Å²) in [6.07, 6.45) is 2.97. The zero-order valence-electron chi connectivity index (χ0n) is 23.6. The van der Waals surface area contributed by atoms with Crippen LogP contribution >= 0.6 is 28.7 Å². The summed E-state index contributed by atoms with van der Waals surface area (Å²) in [6.45, 7) is 2.66. The van der Waals surface area contributed by atoms with Crippen LogP contribution in [0.25, 0.3) is 21.5 Å². The normalized spacial score (nSPS) is 14.0. The van der Waals surface area contributed by atoms with Crippen molar-refractivity contribution < 1.29 is 33.6 Å². The maximum atomic E-state index is 11.8. The van der Waals surface area contributed by atoms with Crippen LogP contribution in [0.5, 0.6) is 11.5 Å². The molecule has 0 aromatic heterocycles. The quantitative estimate of drug-likeness (QED) is 0.101. The molecule has 4 aromatic rings. The number of hydrogen-bond acceptors (Lipinski definition) is 9. The summed E-state index contributed by atoms with van der Waals surface area (Å²) in [5.41, 5.74) is 2.88. The number of halogens is 1. The van der Waals surface area contributed by atoms with Gasteiger partial charge in [0.15, 0.2) is 6.29 Å². The number of fused-ring (bicyclic) bond motifs is 2. The number of nitrogens with zero attached hydrogens (tertiary/aromatic N) is 1. The van der Waals surface area contributed by atoms with Crippen LogP contribution in [-0.4, -0.2) is 51.8 Å². The van der Waals surface area contributed by atoms with Crippen LogP contribution in [0.3, 0.4) is 0 Å². The van der Waals surface area contributed by atoms with Crippen molar-refractivity contribution >= 4 is 69.9 Å². The van der Waals surface area contributed by atoms with Crippen LogP contribution in [0, 0.1) is 6.92 Å². The fraction of sp³-hybridized carbons (Fsp3) is 0.290. The van der Waals surface area contributed by atoms with E-state index >= 15 is 0 Å². The Labute approximate surface area is 260 Å².